The van der Waals surface area contributed by atoms with Gasteiger partial charge in [0.1, 0.15) is 0 Å². The van der Waals surface area contributed by atoms with E-state index in [4.69, 9.17) is 0 Å². The molecular weight excluding hydrogens is 494 g/mol. The second-order valence-corrected chi connectivity index (χ2v) is 8.61. The highest BCUT2D eigenvalue weighted by Gasteiger charge is 2.29. The van der Waals surface area contributed by atoms with Crippen molar-refractivity contribution in [2.45, 2.75) is 20.8 Å². The average molecular weight is 513 g/mol. The zero-order valence-corrected chi connectivity index (χ0v) is 19.5. The van der Waals surface area contributed by atoms with Gasteiger partial charge in [-0.15, -0.1) is 0 Å². The highest BCUT2D eigenvalue weighted by molar-refractivity contribution is 9.10. The largest absolute Gasteiger partial charge is 0.317 e. The van der Waals surface area contributed by atoms with Crippen LogP contribution in [0.5, 0.6) is 0 Å². The predicted molar refractivity (Wildman–Crippen MR) is 126 cm³/mol. The van der Waals surface area contributed by atoms with Crippen molar-refractivity contribution in [2.24, 2.45) is 5.10 Å². The molecule has 0 atom stereocenters. The molecule has 0 unspecified atom stereocenters. The second kappa shape index (κ2) is 7.76. The number of hydrogen-bond acceptors (Lipinski definition) is 2. The molecule has 0 radical (unpaired) electrons. The molecule has 2 heterocycles. The average Bonchev–Trinajstić information content (AvgIpc) is 3.12. The van der Waals surface area contributed by atoms with Gasteiger partial charge in [0.15, 0.2) is 0 Å². The number of hydrazone groups is 1. The normalized spacial score (nSPS) is 15.3. The molecule has 3 aromatic rings. The van der Waals surface area contributed by atoms with Crippen molar-refractivity contribution in [3.63, 3.8) is 0 Å². The SMILES string of the molecule is CC1=NN(c2ccccc2)C(=O)/C1=C/c1c(Br)c(C)n(-c2ccc(Br)cc2)c1C. The molecule has 6 heteroatoms. The van der Waals surface area contributed by atoms with E-state index in [1.807, 2.05) is 55.5 Å². The van der Waals surface area contributed by atoms with Gasteiger partial charge in [-0.3, -0.25) is 4.79 Å². The van der Waals surface area contributed by atoms with Crippen molar-refractivity contribution in [3.8, 4) is 5.69 Å². The molecule has 0 saturated carbocycles. The Kier molecular flexibility index (Phi) is 5.32. The number of rotatable bonds is 3. The minimum atomic E-state index is -0.117. The van der Waals surface area contributed by atoms with Crippen LogP contribution in [0.4, 0.5) is 5.69 Å². The third-order valence-corrected chi connectivity index (χ3v) is 6.58. The first-order valence-corrected chi connectivity index (χ1v) is 10.8. The minimum Gasteiger partial charge on any atom is -0.317 e. The Hall–Kier alpha value is -2.44. The number of amides is 1. The Morgan fingerprint density at radius 1 is 0.862 bits per heavy atom. The van der Waals surface area contributed by atoms with Crippen LogP contribution in [-0.2, 0) is 4.79 Å². The molecule has 1 aliphatic rings. The van der Waals surface area contributed by atoms with Gasteiger partial charge in [-0.25, -0.2) is 0 Å². The molecule has 1 aromatic heterocycles. The van der Waals surface area contributed by atoms with Crippen molar-refractivity contribution in [1.29, 1.82) is 0 Å². The molecule has 0 saturated heterocycles. The maximum absolute atomic E-state index is 13.1. The predicted octanol–water partition coefficient (Wildman–Crippen LogP) is 6.43. The third kappa shape index (κ3) is 3.51. The van der Waals surface area contributed by atoms with Crippen LogP contribution in [0, 0.1) is 13.8 Å². The zero-order valence-electron chi connectivity index (χ0n) is 16.3. The summed E-state index contributed by atoms with van der Waals surface area (Å²) in [4.78, 5) is 13.1. The van der Waals surface area contributed by atoms with Gasteiger partial charge in [0, 0.05) is 31.6 Å². The van der Waals surface area contributed by atoms with E-state index in [1.165, 1.54) is 5.01 Å². The number of para-hydroxylation sites is 1. The Balaban J connectivity index is 1.78. The van der Waals surface area contributed by atoms with Gasteiger partial charge < -0.3 is 4.57 Å². The molecule has 1 aliphatic heterocycles. The molecular formula is C23H19Br2N3O. The van der Waals surface area contributed by atoms with Crippen LogP contribution in [0.25, 0.3) is 11.8 Å². The molecule has 1 amide bonds. The molecule has 2 aromatic carbocycles. The van der Waals surface area contributed by atoms with E-state index in [2.05, 4.69) is 67.5 Å². The summed E-state index contributed by atoms with van der Waals surface area (Å²) in [6, 6.07) is 17.7. The Bertz CT molecular complexity index is 1160. The molecule has 0 spiro atoms. The van der Waals surface area contributed by atoms with Crippen molar-refractivity contribution in [1.82, 2.24) is 4.57 Å². The molecule has 0 aliphatic carbocycles. The van der Waals surface area contributed by atoms with Gasteiger partial charge in [0.25, 0.3) is 5.91 Å². The van der Waals surface area contributed by atoms with Crippen LogP contribution in [0.3, 0.4) is 0 Å². The quantitative estimate of drug-likeness (QED) is 0.373. The maximum atomic E-state index is 13.1. The van der Waals surface area contributed by atoms with E-state index in [0.29, 0.717) is 11.3 Å². The smallest absolute Gasteiger partial charge is 0.280 e. The van der Waals surface area contributed by atoms with E-state index in [1.54, 1.807) is 0 Å². The number of halogens is 2. The number of anilines is 1. The number of carbonyl (C=O) groups is 1. The van der Waals surface area contributed by atoms with Crippen molar-refractivity contribution in [3.05, 3.63) is 86.1 Å². The lowest BCUT2D eigenvalue weighted by Gasteiger charge is -2.11. The highest BCUT2D eigenvalue weighted by atomic mass is 79.9. The number of hydrogen-bond donors (Lipinski definition) is 0. The Morgan fingerprint density at radius 2 is 1.52 bits per heavy atom. The molecule has 4 rings (SSSR count). The number of aromatic nitrogens is 1. The summed E-state index contributed by atoms with van der Waals surface area (Å²) < 4.78 is 4.20. The lowest BCUT2D eigenvalue weighted by Crippen LogP contribution is -2.21. The standard InChI is InChI=1S/C23H19Br2N3O/c1-14-20(23(29)28(26-14)19-7-5-4-6-8-19)13-21-15(2)27(16(3)22(21)25)18-11-9-17(24)10-12-18/h4-13H,1-3H3/b20-13+. The fraction of sp³-hybridized carbons (Fsp3) is 0.130. The summed E-state index contributed by atoms with van der Waals surface area (Å²) in [6.07, 6.45) is 1.94. The molecule has 146 valence electrons. The van der Waals surface area contributed by atoms with E-state index < -0.39 is 0 Å². The first-order valence-electron chi connectivity index (χ1n) is 9.18. The third-order valence-electron chi connectivity index (χ3n) is 5.05. The van der Waals surface area contributed by atoms with Crippen molar-refractivity contribution < 1.29 is 4.79 Å². The monoisotopic (exact) mass is 511 g/mol. The minimum absolute atomic E-state index is 0.117. The molecule has 0 fully saturated rings. The van der Waals surface area contributed by atoms with Crippen molar-refractivity contribution in [2.75, 3.05) is 5.01 Å². The first kappa shape index (κ1) is 19.9. The van der Waals surface area contributed by atoms with Crippen LogP contribution in [0.1, 0.15) is 23.9 Å². The fourth-order valence-corrected chi connectivity index (χ4v) is 4.39. The van der Waals surface area contributed by atoms with Crippen LogP contribution < -0.4 is 5.01 Å². The van der Waals surface area contributed by atoms with Crippen molar-refractivity contribution >= 4 is 55.2 Å². The number of nitrogens with zero attached hydrogens (tertiary/aromatic N) is 3. The number of benzene rings is 2. The number of carbonyl (C=O) groups excluding carboxylic acids is 1. The Morgan fingerprint density at radius 3 is 2.17 bits per heavy atom. The van der Waals surface area contributed by atoms with Crippen LogP contribution in [0.2, 0.25) is 0 Å². The zero-order chi connectivity index (χ0) is 20.7. The van der Waals surface area contributed by atoms with E-state index in [0.717, 1.165) is 37.3 Å². The van der Waals surface area contributed by atoms with E-state index >= 15 is 0 Å². The van der Waals surface area contributed by atoms with Gasteiger partial charge in [-0.05, 0) is 79.2 Å². The van der Waals surface area contributed by atoms with Gasteiger partial charge in [-0.2, -0.15) is 10.1 Å². The Labute approximate surface area is 186 Å². The maximum Gasteiger partial charge on any atom is 0.280 e. The molecule has 4 nitrogen and oxygen atoms in total. The van der Waals surface area contributed by atoms with Gasteiger partial charge in [0.05, 0.1) is 17.0 Å². The molecule has 0 bridgehead atoms. The summed E-state index contributed by atoms with van der Waals surface area (Å²) in [7, 11) is 0. The first-order chi connectivity index (χ1) is 13.9. The lowest BCUT2D eigenvalue weighted by atomic mass is 10.1. The summed E-state index contributed by atoms with van der Waals surface area (Å²) >= 11 is 7.22. The summed E-state index contributed by atoms with van der Waals surface area (Å²) in [5.74, 6) is -0.117. The lowest BCUT2D eigenvalue weighted by molar-refractivity contribution is -0.114. The second-order valence-electron chi connectivity index (χ2n) is 6.91. The van der Waals surface area contributed by atoms with E-state index in [-0.39, 0.29) is 5.91 Å². The summed E-state index contributed by atoms with van der Waals surface area (Å²) in [5.41, 5.74) is 6.27. The van der Waals surface area contributed by atoms with Crippen LogP contribution in [-0.4, -0.2) is 16.2 Å². The molecule has 0 N–H and O–H groups in total. The van der Waals surface area contributed by atoms with Gasteiger partial charge in [-0.1, -0.05) is 34.1 Å². The molecule has 29 heavy (non-hydrogen) atoms. The van der Waals surface area contributed by atoms with Gasteiger partial charge >= 0.3 is 0 Å². The topological polar surface area (TPSA) is 37.6 Å². The summed E-state index contributed by atoms with van der Waals surface area (Å²) in [5, 5.41) is 5.94. The highest BCUT2D eigenvalue weighted by Crippen LogP contribution is 2.34. The van der Waals surface area contributed by atoms with Gasteiger partial charge in [0.2, 0.25) is 0 Å². The summed E-state index contributed by atoms with van der Waals surface area (Å²) in [6.45, 7) is 6.00. The van der Waals surface area contributed by atoms with Crippen LogP contribution in [0.15, 0.2) is 74.2 Å². The van der Waals surface area contributed by atoms with E-state index in [9.17, 15) is 4.79 Å². The van der Waals surface area contributed by atoms with Crippen LogP contribution >= 0.6 is 31.9 Å². The fourth-order valence-electron chi connectivity index (χ4n) is 3.54.